The molecule has 1 aliphatic carbocycles. The summed E-state index contributed by atoms with van der Waals surface area (Å²) in [5, 5.41) is 3.47. The zero-order valence-electron chi connectivity index (χ0n) is 15.4. The van der Waals surface area contributed by atoms with Crippen molar-refractivity contribution in [3.05, 3.63) is 23.9 Å². The average Bonchev–Trinajstić information content (AvgIpc) is 3.05. The van der Waals surface area contributed by atoms with Gasteiger partial charge in [0.15, 0.2) is 5.96 Å². The van der Waals surface area contributed by atoms with Crippen LogP contribution in [0.5, 0.6) is 5.88 Å². The van der Waals surface area contributed by atoms with Crippen molar-refractivity contribution in [2.75, 3.05) is 33.3 Å². The zero-order valence-corrected chi connectivity index (χ0v) is 17.7. The van der Waals surface area contributed by atoms with E-state index in [0.29, 0.717) is 5.88 Å². The lowest BCUT2D eigenvalue weighted by atomic mass is 9.82. The fourth-order valence-electron chi connectivity index (χ4n) is 3.99. The van der Waals surface area contributed by atoms with Gasteiger partial charge < -0.3 is 15.0 Å². The van der Waals surface area contributed by atoms with E-state index in [1.54, 1.807) is 7.11 Å². The number of fused-ring (bicyclic) bond motifs is 1. The van der Waals surface area contributed by atoms with Gasteiger partial charge in [-0.2, -0.15) is 0 Å². The molecule has 2 atom stereocenters. The quantitative estimate of drug-likeness (QED) is 0.418. The minimum atomic E-state index is 0. The molecule has 2 heterocycles. The number of rotatable bonds is 5. The molecule has 0 bridgehead atoms. The molecule has 0 spiro atoms. The van der Waals surface area contributed by atoms with Crippen LogP contribution < -0.4 is 10.1 Å². The Labute approximate surface area is 168 Å². The Kier molecular flexibility index (Phi) is 8.26. The van der Waals surface area contributed by atoms with E-state index < -0.39 is 0 Å². The van der Waals surface area contributed by atoms with Gasteiger partial charge in [-0.3, -0.25) is 4.99 Å². The number of aromatic nitrogens is 1. The third-order valence-electron chi connectivity index (χ3n) is 5.23. The zero-order chi connectivity index (χ0) is 16.8. The smallest absolute Gasteiger partial charge is 0.213 e. The van der Waals surface area contributed by atoms with E-state index in [0.717, 1.165) is 43.0 Å². The van der Waals surface area contributed by atoms with Gasteiger partial charge in [0.25, 0.3) is 0 Å². The SMILES string of the molecule is CCNC(=NCCc1cccc(OC)n1)N1CC2CCCCC2C1.I. The second-order valence-electron chi connectivity index (χ2n) is 6.87. The summed E-state index contributed by atoms with van der Waals surface area (Å²) in [5.74, 6) is 3.51. The summed E-state index contributed by atoms with van der Waals surface area (Å²) in [6.45, 7) is 6.17. The van der Waals surface area contributed by atoms with Crippen molar-refractivity contribution in [1.29, 1.82) is 0 Å². The first-order valence-corrected chi connectivity index (χ1v) is 9.33. The van der Waals surface area contributed by atoms with Crippen LogP contribution in [-0.2, 0) is 6.42 Å². The summed E-state index contributed by atoms with van der Waals surface area (Å²) >= 11 is 0. The number of ether oxygens (including phenoxy) is 1. The average molecular weight is 458 g/mol. The molecule has 1 saturated heterocycles. The summed E-state index contributed by atoms with van der Waals surface area (Å²) in [4.78, 5) is 11.8. The number of guanidine groups is 1. The number of methoxy groups -OCH3 is 1. The molecule has 140 valence electrons. The van der Waals surface area contributed by atoms with Crippen molar-refractivity contribution in [3.63, 3.8) is 0 Å². The largest absolute Gasteiger partial charge is 0.481 e. The first kappa shape index (κ1) is 20.3. The van der Waals surface area contributed by atoms with E-state index in [1.165, 1.54) is 38.8 Å². The maximum absolute atomic E-state index is 5.19. The van der Waals surface area contributed by atoms with Crippen LogP contribution in [0.15, 0.2) is 23.2 Å². The van der Waals surface area contributed by atoms with Crippen LogP contribution in [0, 0.1) is 11.8 Å². The number of nitrogens with zero attached hydrogens (tertiary/aromatic N) is 3. The Hall–Kier alpha value is -1.05. The van der Waals surface area contributed by atoms with Crippen LogP contribution >= 0.6 is 24.0 Å². The molecular formula is C19H31IN4O. The van der Waals surface area contributed by atoms with Crippen molar-refractivity contribution in [3.8, 4) is 5.88 Å². The van der Waals surface area contributed by atoms with Gasteiger partial charge in [-0.1, -0.05) is 18.9 Å². The highest BCUT2D eigenvalue weighted by molar-refractivity contribution is 14.0. The highest BCUT2D eigenvalue weighted by Crippen LogP contribution is 2.35. The van der Waals surface area contributed by atoms with Crippen LogP contribution in [0.2, 0.25) is 0 Å². The second kappa shape index (κ2) is 10.2. The Bertz CT molecular complexity index is 552. The van der Waals surface area contributed by atoms with Crippen molar-refractivity contribution in [1.82, 2.24) is 15.2 Å². The molecule has 6 heteroatoms. The number of hydrogen-bond acceptors (Lipinski definition) is 3. The van der Waals surface area contributed by atoms with E-state index in [1.807, 2.05) is 18.2 Å². The predicted molar refractivity (Wildman–Crippen MR) is 113 cm³/mol. The van der Waals surface area contributed by atoms with Crippen LogP contribution in [0.4, 0.5) is 0 Å². The minimum Gasteiger partial charge on any atom is -0.481 e. The van der Waals surface area contributed by atoms with Crippen LogP contribution in [-0.4, -0.2) is 49.1 Å². The maximum Gasteiger partial charge on any atom is 0.213 e. The molecule has 2 unspecified atom stereocenters. The molecule has 0 aromatic carbocycles. The van der Waals surface area contributed by atoms with Crippen molar-refractivity contribution < 1.29 is 4.74 Å². The van der Waals surface area contributed by atoms with Gasteiger partial charge >= 0.3 is 0 Å². The van der Waals surface area contributed by atoms with E-state index in [9.17, 15) is 0 Å². The third kappa shape index (κ3) is 5.46. The topological polar surface area (TPSA) is 49.8 Å². The van der Waals surface area contributed by atoms with Crippen molar-refractivity contribution in [2.24, 2.45) is 16.8 Å². The molecule has 25 heavy (non-hydrogen) atoms. The van der Waals surface area contributed by atoms with Gasteiger partial charge in [-0.15, -0.1) is 24.0 Å². The molecule has 1 N–H and O–H groups in total. The van der Waals surface area contributed by atoms with Crippen molar-refractivity contribution in [2.45, 2.75) is 39.0 Å². The first-order valence-electron chi connectivity index (χ1n) is 9.33. The number of halogens is 1. The number of nitrogens with one attached hydrogen (secondary N) is 1. The third-order valence-corrected chi connectivity index (χ3v) is 5.23. The predicted octanol–water partition coefficient (Wildman–Crippen LogP) is 3.34. The monoisotopic (exact) mass is 458 g/mol. The van der Waals surface area contributed by atoms with Gasteiger partial charge in [0.2, 0.25) is 5.88 Å². The number of aliphatic imine (C=N–C) groups is 1. The van der Waals surface area contributed by atoms with Crippen molar-refractivity contribution >= 4 is 29.9 Å². The molecule has 1 aliphatic heterocycles. The molecule has 3 rings (SSSR count). The summed E-state index contributed by atoms with van der Waals surface area (Å²) in [7, 11) is 1.65. The fraction of sp³-hybridized carbons (Fsp3) is 0.684. The lowest BCUT2D eigenvalue weighted by Crippen LogP contribution is -2.40. The Morgan fingerprint density at radius 3 is 2.64 bits per heavy atom. The molecule has 0 amide bonds. The van der Waals surface area contributed by atoms with E-state index in [4.69, 9.17) is 9.73 Å². The molecule has 1 aromatic heterocycles. The van der Waals surface area contributed by atoms with Crippen LogP contribution in [0.1, 0.15) is 38.3 Å². The molecular weight excluding hydrogens is 427 g/mol. The van der Waals surface area contributed by atoms with E-state index in [2.05, 4.69) is 22.1 Å². The molecule has 1 saturated carbocycles. The molecule has 2 fully saturated rings. The van der Waals surface area contributed by atoms with Gasteiger partial charge in [-0.05, 0) is 37.7 Å². The summed E-state index contributed by atoms with van der Waals surface area (Å²) in [6, 6.07) is 5.90. The van der Waals surface area contributed by atoms with Gasteiger partial charge in [-0.25, -0.2) is 4.98 Å². The highest BCUT2D eigenvalue weighted by Gasteiger charge is 2.35. The summed E-state index contributed by atoms with van der Waals surface area (Å²) in [5.41, 5.74) is 1.03. The van der Waals surface area contributed by atoms with Gasteiger partial charge in [0.05, 0.1) is 7.11 Å². The van der Waals surface area contributed by atoms with E-state index >= 15 is 0 Å². The van der Waals surface area contributed by atoms with Gasteiger partial charge in [0, 0.05) is 44.4 Å². The number of pyridine rings is 1. The van der Waals surface area contributed by atoms with Gasteiger partial charge in [0.1, 0.15) is 0 Å². The minimum absolute atomic E-state index is 0. The first-order chi connectivity index (χ1) is 11.8. The molecule has 5 nitrogen and oxygen atoms in total. The summed E-state index contributed by atoms with van der Waals surface area (Å²) < 4.78 is 5.19. The number of hydrogen-bond donors (Lipinski definition) is 1. The Balaban J connectivity index is 0.00000225. The number of likely N-dealkylation sites (tertiary alicyclic amines) is 1. The maximum atomic E-state index is 5.19. The Morgan fingerprint density at radius 2 is 2.00 bits per heavy atom. The molecule has 0 radical (unpaired) electrons. The van der Waals surface area contributed by atoms with Crippen LogP contribution in [0.3, 0.4) is 0 Å². The standard InChI is InChI=1S/C19H30N4O.HI/c1-3-20-19(23-13-15-7-4-5-8-16(15)14-23)21-12-11-17-9-6-10-18(22-17)24-2;/h6,9-10,15-16H,3-5,7-8,11-14H2,1-2H3,(H,20,21);1H. The molecule has 1 aromatic rings. The highest BCUT2D eigenvalue weighted by atomic mass is 127. The lowest BCUT2D eigenvalue weighted by molar-refractivity contribution is 0.299. The lowest BCUT2D eigenvalue weighted by Gasteiger charge is -2.22. The van der Waals surface area contributed by atoms with E-state index in [-0.39, 0.29) is 24.0 Å². The fourth-order valence-corrected chi connectivity index (χ4v) is 3.99. The Morgan fingerprint density at radius 1 is 1.28 bits per heavy atom. The molecule has 2 aliphatic rings. The van der Waals surface area contributed by atoms with Crippen LogP contribution in [0.25, 0.3) is 0 Å². The summed E-state index contributed by atoms with van der Waals surface area (Å²) in [6.07, 6.45) is 6.45. The normalized spacial score (nSPS) is 23.0. The second-order valence-corrected chi connectivity index (χ2v) is 6.87.